The van der Waals surface area contributed by atoms with Crippen LogP contribution in [-0.4, -0.2) is 11.7 Å². The van der Waals surface area contributed by atoms with Crippen molar-refractivity contribution >= 4 is 0 Å². The second kappa shape index (κ2) is 3.77. The quantitative estimate of drug-likeness (QED) is 0.595. The standard InChI is InChI=1S/C9H16O/c1-2-8(7-10)6-9-4-3-5-9/h6,9-10H,2-5,7H2,1H3/b8-6+. The van der Waals surface area contributed by atoms with E-state index in [0.29, 0.717) is 0 Å². The molecule has 0 saturated heterocycles. The van der Waals surface area contributed by atoms with Crippen LogP contribution in [0.25, 0.3) is 0 Å². The maximum absolute atomic E-state index is 8.83. The summed E-state index contributed by atoms with van der Waals surface area (Å²) in [6.07, 6.45) is 7.31. The van der Waals surface area contributed by atoms with Crippen LogP contribution in [0, 0.1) is 5.92 Å². The zero-order chi connectivity index (χ0) is 7.40. The molecular weight excluding hydrogens is 124 g/mol. The summed E-state index contributed by atoms with van der Waals surface area (Å²) >= 11 is 0. The lowest BCUT2D eigenvalue weighted by Crippen LogP contribution is -2.09. The van der Waals surface area contributed by atoms with Crippen molar-refractivity contribution in [2.45, 2.75) is 32.6 Å². The Morgan fingerprint density at radius 1 is 1.60 bits per heavy atom. The van der Waals surface area contributed by atoms with E-state index in [0.717, 1.165) is 12.3 Å². The van der Waals surface area contributed by atoms with E-state index in [9.17, 15) is 0 Å². The molecule has 1 saturated carbocycles. The number of hydrogen-bond acceptors (Lipinski definition) is 1. The van der Waals surface area contributed by atoms with E-state index in [-0.39, 0.29) is 6.61 Å². The van der Waals surface area contributed by atoms with E-state index in [1.807, 2.05) is 0 Å². The fraction of sp³-hybridized carbons (Fsp3) is 0.778. The Morgan fingerprint density at radius 2 is 2.30 bits per heavy atom. The molecule has 0 unspecified atom stereocenters. The van der Waals surface area contributed by atoms with Gasteiger partial charge in [-0.1, -0.05) is 19.4 Å². The maximum atomic E-state index is 8.83. The largest absolute Gasteiger partial charge is 0.392 e. The Hall–Kier alpha value is -0.300. The molecular formula is C9H16O. The lowest BCUT2D eigenvalue weighted by atomic mass is 9.84. The van der Waals surface area contributed by atoms with Crippen molar-refractivity contribution in [3.8, 4) is 0 Å². The Morgan fingerprint density at radius 3 is 2.60 bits per heavy atom. The second-order valence-corrected chi connectivity index (χ2v) is 3.03. The SMILES string of the molecule is CC/C(=C\C1CCC1)CO. The average Bonchev–Trinajstić information content (AvgIpc) is 1.87. The highest BCUT2D eigenvalue weighted by Gasteiger charge is 2.14. The molecule has 0 atom stereocenters. The Bertz CT molecular complexity index is 117. The van der Waals surface area contributed by atoms with Crippen LogP contribution in [0.3, 0.4) is 0 Å². The van der Waals surface area contributed by atoms with Crippen LogP contribution in [-0.2, 0) is 0 Å². The summed E-state index contributed by atoms with van der Waals surface area (Å²) in [5.41, 5.74) is 1.21. The summed E-state index contributed by atoms with van der Waals surface area (Å²) < 4.78 is 0. The van der Waals surface area contributed by atoms with E-state index in [2.05, 4.69) is 13.0 Å². The summed E-state index contributed by atoms with van der Waals surface area (Å²) in [6, 6.07) is 0. The predicted octanol–water partition coefficient (Wildman–Crippen LogP) is 2.12. The number of hydrogen-bond donors (Lipinski definition) is 1. The maximum Gasteiger partial charge on any atom is 0.0641 e. The van der Waals surface area contributed by atoms with Gasteiger partial charge in [0.05, 0.1) is 6.61 Å². The third-order valence-electron chi connectivity index (χ3n) is 2.28. The molecule has 1 N–H and O–H groups in total. The van der Waals surface area contributed by atoms with Crippen LogP contribution >= 0.6 is 0 Å². The molecule has 0 aromatic rings. The molecule has 58 valence electrons. The zero-order valence-corrected chi connectivity index (χ0v) is 6.64. The van der Waals surface area contributed by atoms with Crippen LogP contribution in [0.4, 0.5) is 0 Å². The molecule has 0 bridgehead atoms. The van der Waals surface area contributed by atoms with Gasteiger partial charge < -0.3 is 5.11 Å². The predicted molar refractivity (Wildman–Crippen MR) is 42.8 cm³/mol. The van der Waals surface area contributed by atoms with Gasteiger partial charge in [0.25, 0.3) is 0 Å². The number of aliphatic hydroxyl groups excluding tert-OH is 1. The lowest BCUT2D eigenvalue weighted by Gasteiger charge is -2.22. The molecule has 0 radical (unpaired) electrons. The molecule has 0 aromatic heterocycles. The number of rotatable bonds is 3. The van der Waals surface area contributed by atoms with Gasteiger partial charge in [0.15, 0.2) is 0 Å². The van der Waals surface area contributed by atoms with Crippen molar-refractivity contribution in [3.63, 3.8) is 0 Å². The minimum atomic E-state index is 0.257. The first-order chi connectivity index (χ1) is 4.86. The van der Waals surface area contributed by atoms with E-state index >= 15 is 0 Å². The molecule has 1 heteroatoms. The Kier molecular flexibility index (Phi) is 2.94. The van der Waals surface area contributed by atoms with Crippen molar-refractivity contribution in [2.75, 3.05) is 6.61 Å². The van der Waals surface area contributed by atoms with Gasteiger partial charge in [-0.3, -0.25) is 0 Å². The summed E-state index contributed by atoms with van der Waals surface area (Å²) in [5.74, 6) is 0.794. The van der Waals surface area contributed by atoms with Crippen LogP contribution < -0.4 is 0 Å². The first kappa shape index (κ1) is 7.80. The lowest BCUT2D eigenvalue weighted by molar-refractivity contribution is 0.320. The average molecular weight is 140 g/mol. The number of aliphatic hydroxyl groups is 1. The van der Waals surface area contributed by atoms with Crippen molar-refractivity contribution in [1.82, 2.24) is 0 Å². The molecule has 0 heterocycles. The second-order valence-electron chi connectivity index (χ2n) is 3.03. The van der Waals surface area contributed by atoms with Crippen molar-refractivity contribution in [2.24, 2.45) is 5.92 Å². The summed E-state index contributed by atoms with van der Waals surface area (Å²) in [6.45, 7) is 2.35. The normalized spacial score (nSPS) is 20.8. The highest BCUT2D eigenvalue weighted by Crippen LogP contribution is 2.28. The topological polar surface area (TPSA) is 20.2 Å². The first-order valence-corrected chi connectivity index (χ1v) is 4.17. The molecule has 1 rings (SSSR count). The Balaban J connectivity index is 2.33. The minimum Gasteiger partial charge on any atom is -0.392 e. The monoisotopic (exact) mass is 140 g/mol. The van der Waals surface area contributed by atoms with E-state index in [4.69, 9.17) is 5.11 Å². The third kappa shape index (κ3) is 1.84. The third-order valence-corrected chi connectivity index (χ3v) is 2.28. The highest BCUT2D eigenvalue weighted by atomic mass is 16.3. The van der Waals surface area contributed by atoms with Gasteiger partial charge >= 0.3 is 0 Å². The molecule has 0 aliphatic heterocycles. The van der Waals surface area contributed by atoms with Crippen LogP contribution in [0.1, 0.15) is 32.6 Å². The molecule has 0 amide bonds. The van der Waals surface area contributed by atoms with Gasteiger partial charge in [-0.05, 0) is 30.8 Å². The first-order valence-electron chi connectivity index (χ1n) is 4.17. The summed E-state index contributed by atoms with van der Waals surface area (Å²) in [4.78, 5) is 0. The van der Waals surface area contributed by atoms with Crippen LogP contribution in [0.15, 0.2) is 11.6 Å². The van der Waals surface area contributed by atoms with Gasteiger partial charge in [-0.25, -0.2) is 0 Å². The van der Waals surface area contributed by atoms with E-state index in [1.165, 1.54) is 24.8 Å². The molecule has 1 fully saturated rings. The van der Waals surface area contributed by atoms with E-state index < -0.39 is 0 Å². The van der Waals surface area contributed by atoms with Gasteiger partial charge in [0.2, 0.25) is 0 Å². The van der Waals surface area contributed by atoms with Crippen LogP contribution in [0.5, 0.6) is 0 Å². The minimum absolute atomic E-state index is 0.257. The van der Waals surface area contributed by atoms with Gasteiger partial charge in [0, 0.05) is 0 Å². The van der Waals surface area contributed by atoms with Gasteiger partial charge in [-0.15, -0.1) is 0 Å². The van der Waals surface area contributed by atoms with E-state index in [1.54, 1.807) is 0 Å². The number of allylic oxidation sites excluding steroid dienone is 1. The van der Waals surface area contributed by atoms with Crippen molar-refractivity contribution in [3.05, 3.63) is 11.6 Å². The fourth-order valence-corrected chi connectivity index (χ4v) is 1.22. The van der Waals surface area contributed by atoms with Crippen molar-refractivity contribution < 1.29 is 5.11 Å². The molecule has 0 aromatic carbocycles. The summed E-state index contributed by atoms with van der Waals surface area (Å²) in [7, 11) is 0. The molecule has 1 aliphatic carbocycles. The van der Waals surface area contributed by atoms with Gasteiger partial charge in [-0.2, -0.15) is 0 Å². The van der Waals surface area contributed by atoms with Gasteiger partial charge in [0.1, 0.15) is 0 Å². The van der Waals surface area contributed by atoms with Crippen LogP contribution in [0.2, 0.25) is 0 Å². The fourth-order valence-electron chi connectivity index (χ4n) is 1.22. The molecule has 1 nitrogen and oxygen atoms in total. The molecule has 0 spiro atoms. The Labute approximate surface area is 62.8 Å². The highest BCUT2D eigenvalue weighted by molar-refractivity contribution is 5.05. The summed E-state index contributed by atoms with van der Waals surface area (Å²) in [5, 5.41) is 8.83. The van der Waals surface area contributed by atoms with Crippen molar-refractivity contribution in [1.29, 1.82) is 0 Å². The smallest absolute Gasteiger partial charge is 0.0641 e. The zero-order valence-electron chi connectivity index (χ0n) is 6.64. The molecule has 10 heavy (non-hydrogen) atoms. The molecule has 1 aliphatic rings.